The Hall–Kier alpha value is -2.17. The molecule has 1 rings (SSSR count). The summed E-state index contributed by atoms with van der Waals surface area (Å²) in [6.45, 7) is 1.88. The van der Waals surface area contributed by atoms with Crippen LogP contribution < -0.4 is 5.32 Å². The van der Waals surface area contributed by atoms with E-state index in [2.05, 4.69) is 5.32 Å². The Morgan fingerprint density at radius 1 is 1.44 bits per heavy atom. The summed E-state index contributed by atoms with van der Waals surface area (Å²) in [5, 5.41) is 11.1. The van der Waals surface area contributed by atoms with Crippen molar-refractivity contribution in [2.75, 3.05) is 5.32 Å². The van der Waals surface area contributed by atoms with Crippen molar-refractivity contribution in [1.29, 1.82) is 0 Å². The first-order valence-electron chi connectivity index (χ1n) is 5.53. The van der Waals surface area contributed by atoms with Crippen LogP contribution in [-0.2, 0) is 9.59 Å². The monoisotopic (exact) mass is 251 g/mol. The molecule has 0 saturated heterocycles. The van der Waals surface area contributed by atoms with Crippen molar-refractivity contribution in [3.05, 3.63) is 35.7 Å². The maximum absolute atomic E-state index is 13.3. The van der Waals surface area contributed by atoms with Gasteiger partial charge in [0.25, 0.3) is 0 Å². The molecule has 1 amide bonds. The molecule has 0 atom stereocenters. The predicted octanol–water partition coefficient (Wildman–Crippen LogP) is 2.66. The molecule has 4 nitrogen and oxygen atoms in total. The number of benzene rings is 1. The topological polar surface area (TPSA) is 66.4 Å². The highest BCUT2D eigenvalue weighted by molar-refractivity contribution is 5.91. The van der Waals surface area contributed by atoms with Crippen LogP contribution in [0.3, 0.4) is 0 Å². The zero-order chi connectivity index (χ0) is 13.5. The minimum atomic E-state index is -1.16. The number of carbonyl (C=O) groups is 2. The molecular weight excluding hydrogens is 237 g/mol. The van der Waals surface area contributed by atoms with Crippen molar-refractivity contribution in [2.24, 2.45) is 0 Å². The van der Waals surface area contributed by atoms with E-state index in [0.717, 1.165) is 18.6 Å². The molecule has 0 spiro atoms. The normalized spacial score (nSPS) is 10.6. The summed E-state index contributed by atoms with van der Waals surface area (Å²) in [4.78, 5) is 21.7. The van der Waals surface area contributed by atoms with Crippen molar-refractivity contribution >= 4 is 23.6 Å². The molecule has 0 heterocycles. The van der Waals surface area contributed by atoms with Gasteiger partial charge in [-0.25, -0.2) is 9.18 Å². The average molecular weight is 251 g/mol. The number of rotatable bonds is 5. The predicted molar refractivity (Wildman–Crippen MR) is 66.6 cm³/mol. The summed E-state index contributed by atoms with van der Waals surface area (Å²) in [5.74, 6) is -1.85. The molecule has 1 aromatic rings. The number of carboxylic acid groups (broad SMARTS) is 1. The second-order valence-corrected chi connectivity index (χ2v) is 3.71. The fourth-order valence-electron chi connectivity index (χ4n) is 1.36. The minimum Gasteiger partial charge on any atom is -0.478 e. The molecule has 5 heteroatoms. The zero-order valence-corrected chi connectivity index (χ0v) is 9.94. The van der Waals surface area contributed by atoms with E-state index in [4.69, 9.17) is 5.11 Å². The number of hydrogen-bond donors (Lipinski definition) is 2. The van der Waals surface area contributed by atoms with Crippen molar-refractivity contribution in [2.45, 2.75) is 19.8 Å². The van der Waals surface area contributed by atoms with Crippen LogP contribution in [-0.4, -0.2) is 17.0 Å². The molecule has 0 aliphatic heterocycles. The average Bonchev–Trinajstić information content (AvgIpc) is 2.30. The molecule has 96 valence electrons. The lowest BCUT2D eigenvalue weighted by Gasteiger charge is -2.05. The third kappa shape index (κ3) is 4.37. The van der Waals surface area contributed by atoms with E-state index >= 15 is 0 Å². The maximum atomic E-state index is 13.3. The number of aliphatic carboxylic acids is 1. The van der Waals surface area contributed by atoms with E-state index in [1.165, 1.54) is 18.2 Å². The van der Waals surface area contributed by atoms with Crippen molar-refractivity contribution < 1.29 is 19.1 Å². The standard InChI is InChI=1S/C13H14FNO3/c1-2-3-12(16)15-10-5-6-11(14)9(8-10)4-7-13(17)18/h4-8H,2-3H2,1H3,(H,15,16)(H,17,18)/b7-4+. The lowest BCUT2D eigenvalue weighted by atomic mass is 10.1. The molecule has 1 aromatic carbocycles. The van der Waals surface area contributed by atoms with Gasteiger partial charge in [0.2, 0.25) is 5.91 Å². The van der Waals surface area contributed by atoms with Crippen LogP contribution >= 0.6 is 0 Å². The summed E-state index contributed by atoms with van der Waals surface area (Å²) in [6.07, 6.45) is 3.10. The van der Waals surface area contributed by atoms with Crippen molar-refractivity contribution in [1.82, 2.24) is 0 Å². The first-order chi connectivity index (χ1) is 8.52. The molecule has 0 fully saturated rings. The highest BCUT2D eigenvalue weighted by atomic mass is 19.1. The maximum Gasteiger partial charge on any atom is 0.328 e. The smallest absolute Gasteiger partial charge is 0.328 e. The van der Waals surface area contributed by atoms with E-state index in [1.807, 2.05) is 6.92 Å². The Balaban J connectivity index is 2.86. The first-order valence-corrected chi connectivity index (χ1v) is 5.53. The van der Waals surface area contributed by atoms with Crippen LogP contribution in [0.2, 0.25) is 0 Å². The Morgan fingerprint density at radius 3 is 2.78 bits per heavy atom. The van der Waals surface area contributed by atoms with Crippen LogP contribution in [0.15, 0.2) is 24.3 Å². The van der Waals surface area contributed by atoms with E-state index in [9.17, 15) is 14.0 Å². The van der Waals surface area contributed by atoms with Crippen LogP contribution in [0.25, 0.3) is 6.08 Å². The molecule has 18 heavy (non-hydrogen) atoms. The Labute approximate surface area is 104 Å². The van der Waals surface area contributed by atoms with Gasteiger partial charge in [-0.05, 0) is 30.7 Å². The van der Waals surface area contributed by atoms with Gasteiger partial charge >= 0.3 is 5.97 Å². The van der Waals surface area contributed by atoms with Crippen molar-refractivity contribution in [3.63, 3.8) is 0 Å². The quantitative estimate of drug-likeness (QED) is 0.790. The lowest BCUT2D eigenvalue weighted by molar-refractivity contribution is -0.131. The number of amides is 1. The second-order valence-electron chi connectivity index (χ2n) is 3.71. The van der Waals surface area contributed by atoms with Gasteiger partial charge in [0.15, 0.2) is 0 Å². The van der Waals surface area contributed by atoms with E-state index in [0.29, 0.717) is 12.1 Å². The fraction of sp³-hybridized carbons (Fsp3) is 0.231. The molecule has 0 radical (unpaired) electrons. The molecule has 0 aliphatic carbocycles. The third-order valence-corrected chi connectivity index (χ3v) is 2.16. The molecule has 2 N–H and O–H groups in total. The summed E-state index contributed by atoms with van der Waals surface area (Å²) in [6, 6.07) is 4.01. The van der Waals surface area contributed by atoms with E-state index in [-0.39, 0.29) is 11.5 Å². The molecule has 0 aromatic heterocycles. The molecule has 0 saturated carbocycles. The summed E-state index contributed by atoms with van der Waals surface area (Å²) < 4.78 is 13.3. The summed E-state index contributed by atoms with van der Waals surface area (Å²) in [7, 11) is 0. The Kier molecular flexibility index (Phi) is 5.05. The summed E-state index contributed by atoms with van der Waals surface area (Å²) >= 11 is 0. The SMILES string of the molecule is CCCC(=O)Nc1ccc(F)c(/C=C/C(=O)O)c1. The van der Waals surface area contributed by atoms with Gasteiger partial charge < -0.3 is 10.4 Å². The lowest BCUT2D eigenvalue weighted by Crippen LogP contribution is -2.10. The van der Waals surface area contributed by atoms with Gasteiger partial charge in [-0.3, -0.25) is 4.79 Å². The van der Waals surface area contributed by atoms with Gasteiger partial charge in [-0.15, -0.1) is 0 Å². The van der Waals surface area contributed by atoms with Crippen LogP contribution in [0.4, 0.5) is 10.1 Å². The Morgan fingerprint density at radius 2 is 2.17 bits per heavy atom. The number of carbonyl (C=O) groups excluding carboxylic acids is 1. The van der Waals surface area contributed by atoms with Crippen LogP contribution in [0.1, 0.15) is 25.3 Å². The number of anilines is 1. The third-order valence-electron chi connectivity index (χ3n) is 2.16. The van der Waals surface area contributed by atoms with Gasteiger partial charge in [-0.1, -0.05) is 6.92 Å². The van der Waals surface area contributed by atoms with Gasteiger partial charge in [0, 0.05) is 23.7 Å². The summed E-state index contributed by atoms with van der Waals surface area (Å²) in [5.41, 5.74) is 0.562. The number of halogens is 1. The van der Waals surface area contributed by atoms with Crippen LogP contribution in [0, 0.1) is 5.82 Å². The number of carboxylic acids is 1. The van der Waals surface area contributed by atoms with Gasteiger partial charge in [-0.2, -0.15) is 0 Å². The second kappa shape index (κ2) is 6.54. The highest BCUT2D eigenvalue weighted by Gasteiger charge is 2.04. The highest BCUT2D eigenvalue weighted by Crippen LogP contribution is 2.16. The minimum absolute atomic E-state index is 0.117. The molecule has 0 bridgehead atoms. The number of nitrogens with one attached hydrogen (secondary N) is 1. The van der Waals surface area contributed by atoms with E-state index < -0.39 is 11.8 Å². The molecule has 0 unspecified atom stereocenters. The number of hydrogen-bond acceptors (Lipinski definition) is 2. The fourth-order valence-corrected chi connectivity index (χ4v) is 1.36. The zero-order valence-electron chi connectivity index (χ0n) is 9.94. The van der Waals surface area contributed by atoms with Crippen LogP contribution in [0.5, 0.6) is 0 Å². The largest absolute Gasteiger partial charge is 0.478 e. The molecular formula is C13H14FNO3. The van der Waals surface area contributed by atoms with Crippen molar-refractivity contribution in [3.8, 4) is 0 Å². The van der Waals surface area contributed by atoms with Gasteiger partial charge in [0.1, 0.15) is 5.82 Å². The molecule has 0 aliphatic rings. The van der Waals surface area contributed by atoms with E-state index in [1.54, 1.807) is 0 Å². The Bertz CT molecular complexity index is 483. The van der Waals surface area contributed by atoms with Gasteiger partial charge in [0.05, 0.1) is 0 Å². The first kappa shape index (κ1) is 13.9.